The van der Waals surface area contributed by atoms with Crippen LogP contribution in [-0.2, 0) is 16.0 Å². The Bertz CT molecular complexity index is 451. The summed E-state index contributed by atoms with van der Waals surface area (Å²) in [6.45, 7) is 5.90. The Morgan fingerprint density at radius 3 is 2.45 bits per heavy atom. The smallest absolute Gasteiger partial charge is 0.310 e. The van der Waals surface area contributed by atoms with Crippen LogP contribution in [0.1, 0.15) is 25.1 Å². The molecule has 7 heteroatoms. The van der Waals surface area contributed by atoms with Crippen LogP contribution < -0.4 is 10.9 Å². The number of aryl methyl sites for hydroxylation is 1. The fourth-order valence-corrected chi connectivity index (χ4v) is 1.33. The number of methoxy groups -OCH3 is 1. The van der Waals surface area contributed by atoms with Gasteiger partial charge in [0, 0.05) is 18.1 Å². The normalized spacial score (nSPS) is 15.1. The van der Waals surface area contributed by atoms with Crippen LogP contribution in [0.15, 0.2) is 30.6 Å². The van der Waals surface area contributed by atoms with Crippen molar-refractivity contribution in [3.8, 4) is 0 Å². The number of nitrogens with one attached hydrogen (secondary N) is 2. The van der Waals surface area contributed by atoms with E-state index in [1.54, 1.807) is 6.20 Å². The van der Waals surface area contributed by atoms with Gasteiger partial charge in [-0.3, -0.25) is 9.78 Å². The Morgan fingerprint density at radius 2 is 2.09 bits per heavy atom. The lowest BCUT2D eigenvalue weighted by atomic mass is 10.2. The zero-order chi connectivity index (χ0) is 17.0. The fraction of sp³-hybridized carbons (Fsp3) is 0.467. The average molecular weight is 315 g/mol. The molecule has 5 nitrogen and oxygen atoms in total. The van der Waals surface area contributed by atoms with Gasteiger partial charge in [-0.2, -0.15) is 0 Å². The molecule has 0 saturated carbocycles. The minimum absolute atomic E-state index is 0.236. The highest BCUT2D eigenvalue weighted by atomic mass is 19.3. The third-order valence-corrected chi connectivity index (χ3v) is 2.46. The van der Waals surface area contributed by atoms with Crippen molar-refractivity contribution in [2.45, 2.75) is 39.7 Å². The number of aromatic nitrogens is 1. The molecule has 124 valence electrons. The van der Waals surface area contributed by atoms with E-state index in [0.717, 1.165) is 11.3 Å². The molecule has 0 aromatic carbocycles. The van der Waals surface area contributed by atoms with E-state index in [2.05, 4.69) is 20.6 Å². The third kappa shape index (κ3) is 8.31. The first-order valence-corrected chi connectivity index (χ1v) is 6.97. The number of esters is 1. The Balaban J connectivity index is 0.000000382. The van der Waals surface area contributed by atoms with E-state index in [4.69, 9.17) is 0 Å². The molecule has 1 atom stereocenters. The Morgan fingerprint density at radius 1 is 1.41 bits per heavy atom. The fourth-order valence-electron chi connectivity index (χ4n) is 1.33. The van der Waals surface area contributed by atoms with Crippen molar-refractivity contribution in [2.75, 3.05) is 7.11 Å². The monoisotopic (exact) mass is 315 g/mol. The maximum absolute atomic E-state index is 11.6. The lowest BCUT2D eigenvalue weighted by Gasteiger charge is -2.04. The number of halogens is 2. The van der Waals surface area contributed by atoms with Gasteiger partial charge in [0.05, 0.1) is 13.5 Å². The van der Waals surface area contributed by atoms with Crippen LogP contribution >= 0.6 is 0 Å². The van der Waals surface area contributed by atoms with E-state index in [0.29, 0.717) is 6.42 Å². The summed E-state index contributed by atoms with van der Waals surface area (Å²) in [6, 6.07) is 2.94. The molecular weight excluding hydrogens is 292 g/mol. The SMILES string of the molecule is CC.COC(=O)Cc1ccc(C)nc1.FC(F)C1C=CNN1. The number of pyridine rings is 1. The number of carbonyl (C=O) groups excluding carboxylic acids is 1. The lowest BCUT2D eigenvalue weighted by molar-refractivity contribution is -0.139. The van der Waals surface area contributed by atoms with Gasteiger partial charge in [-0.15, -0.1) is 0 Å². The van der Waals surface area contributed by atoms with Crippen LogP contribution in [0.25, 0.3) is 0 Å². The zero-order valence-electron chi connectivity index (χ0n) is 13.3. The molecular formula is C15H23F2N3O2. The highest BCUT2D eigenvalue weighted by Gasteiger charge is 2.18. The van der Waals surface area contributed by atoms with Crippen molar-refractivity contribution >= 4 is 5.97 Å². The zero-order valence-corrected chi connectivity index (χ0v) is 13.3. The summed E-state index contributed by atoms with van der Waals surface area (Å²) in [4.78, 5) is 14.9. The van der Waals surface area contributed by atoms with Gasteiger partial charge in [0.25, 0.3) is 6.43 Å². The second kappa shape index (κ2) is 11.6. The number of carbonyl (C=O) groups is 1. The predicted molar refractivity (Wildman–Crippen MR) is 81.2 cm³/mol. The number of hydrogen-bond donors (Lipinski definition) is 2. The molecule has 2 heterocycles. The molecule has 0 bridgehead atoms. The summed E-state index contributed by atoms with van der Waals surface area (Å²) >= 11 is 0. The molecule has 2 N–H and O–H groups in total. The van der Waals surface area contributed by atoms with Crippen LogP contribution in [0.5, 0.6) is 0 Å². The summed E-state index contributed by atoms with van der Waals surface area (Å²) in [5, 5.41) is 0. The van der Waals surface area contributed by atoms with Crippen molar-refractivity contribution < 1.29 is 18.3 Å². The van der Waals surface area contributed by atoms with Gasteiger partial charge in [0.1, 0.15) is 6.04 Å². The molecule has 22 heavy (non-hydrogen) atoms. The van der Waals surface area contributed by atoms with Crippen LogP contribution in [-0.4, -0.2) is 30.5 Å². The average Bonchev–Trinajstić information content (AvgIpc) is 3.07. The number of ether oxygens (including phenoxy) is 1. The molecule has 1 unspecified atom stereocenters. The van der Waals surface area contributed by atoms with E-state index in [9.17, 15) is 13.6 Å². The molecule has 0 aliphatic carbocycles. The minimum atomic E-state index is -2.32. The van der Waals surface area contributed by atoms with Gasteiger partial charge in [-0.1, -0.05) is 19.9 Å². The number of rotatable bonds is 3. The molecule has 2 rings (SSSR count). The highest BCUT2D eigenvalue weighted by molar-refractivity contribution is 5.72. The molecule has 0 amide bonds. The van der Waals surface area contributed by atoms with Crippen LogP contribution in [0.3, 0.4) is 0 Å². The van der Waals surface area contributed by atoms with Gasteiger partial charge in [0.15, 0.2) is 0 Å². The van der Waals surface area contributed by atoms with E-state index in [-0.39, 0.29) is 5.97 Å². The van der Waals surface area contributed by atoms with E-state index < -0.39 is 12.5 Å². The molecule has 0 spiro atoms. The highest BCUT2D eigenvalue weighted by Crippen LogP contribution is 2.03. The topological polar surface area (TPSA) is 63.2 Å². The Labute approximate surface area is 129 Å². The van der Waals surface area contributed by atoms with E-state index in [1.165, 1.54) is 19.4 Å². The van der Waals surface area contributed by atoms with E-state index >= 15 is 0 Å². The van der Waals surface area contributed by atoms with Crippen LogP contribution in [0.4, 0.5) is 8.78 Å². The summed E-state index contributed by atoms with van der Waals surface area (Å²) < 4.78 is 27.7. The van der Waals surface area contributed by atoms with Gasteiger partial charge < -0.3 is 10.2 Å². The maximum atomic E-state index is 11.6. The minimum Gasteiger partial charge on any atom is -0.469 e. The first kappa shape index (κ1) is 20.0. The van der Waals surface area contributed by atoms with Gasteiger partial charge in [0.2, 0.25) is 0 Å². The first-order chi connectivity index (χ1) is 10.5. The van der Waals surface area contributed by atoms with Gasteiger partial charge in [-0.05, 0) is 24.6 Å². The summed E-state index contributed by atoms with van der Waals surface area (Å²) in [5.41, 5.74) is 6.62. The van der Waals surface area contributed by atoms with Gasteiger partial charge in [-0.25, -0.2) is 14.2 Å². The standard InChI is InChI=1S/C9H11NO2.C4H6F2N2.C2H6/c1-7-3-4-8(6-10-7)5-9(11)12-2;5-4(6)3-1-2-7-8-3;1-2/h3-4,6H,5H2,1-2H3;1-4,7-8H;1-2H3. The number of hydrogen-bond acceptors (Lipinski definition) is 5. The molecule has 1 aliphatic heterocycles. The Hall–Kier alpha value is -2.02. The van der Waals surface area contributed by atoms with Crippen LogP contribution in [0.2, 0.25) is 0 Å². The Kier molecular flexibility index (Phi) is 10.6. The van der Waals surface area contributed by atoms with Crippen molar-refractivity contribution in [3.63, 3.8) is 0 Å². The third-order valence-electron chi connectivity index (χ3n) is 2.46. The molecule has 0 fully saturated rings. The molecule has 1 aliphatic rings. The van der Waals surface area contributed by atoms with Crippen LogP contribution in [0, 0.1) is 6.92 Å². The summed E-state index contributed by atoms with van der Waals surface area (Å²) in [7, 11) is 1.38. The second-order valence-electron chi connectivity index (χ2n) is 4.07. The summed E-state index contributed by atoms with van der Waals surface area (Å²) in [6.07, 6.45) is 2.50. The molecule has 1 aromatic rings. The number of alkyl halides is 2. The largest absolute Gasteiger partial charge is 0.469 e. The number of hydrazine groups is 1. The van der Waals surface area contributed by atoms with Gasteiger partial charge >= 0.3 is 5.97 Å². The van der Waals surface area contributed by atoms with E-state index in [1.807, 2.05) is 32.9 Å². The maximum Gasteiger partial charge on any atom is 0.310 e. The van der Waals surface area contributed by atoms with Crippen molar-refractivity contribution in [2.24, 2.45) is 0 Å². The molecule has 0 saturated heterocycles. The molecule has 0 radical (unpaired) electrons. The lowest BCUT2D eigenvalue weighted by Crippen LogP contribution is -2.35. The van der Waals surface area contributed by atoms with Crippen molar-refractivity contribution in [1.82, 2.24) is 15.8 Å². The van der Waals surface area contributed by atoms with Crippen molar-refractivity contribution in [1.29, 1.82) is 0 Å². The predicted octanol–water partition coefficient (Wildman–Crippen LogP) is 2.37. The molecule has 1 aromatic heterocycles. The van der Waals surface area contributed by atoms with Crippen molar-refractivity contribution in [3.05, 3.63) is 41.9 Å². The quantitative estimate of drug-likeness (QED) is 0.839. The first-order valence-electron chi connectivity index (χ1n) is 6.97. The summed E-state index contributed by atoms with van der Waals surface area (Å²) in [5.74, 6) is -0.236. The second-order valence-corrected chi connectivity index (χ2v) is 4.07. The number of nitrogens with zero attached hydrogens (tertiary/aromatic N) is 1.